The molecular weight excluding hydrogens is 340 g/mol. The standard InChI is InChI=1S/C18H22N2O4S/c1-10(2)24-9-13-5-7-14(8-6-13)16(21)19-12(4)17-20-11(3)15(25-17)18(22)23/h5-8,10,12H,9H2,1-4H3,(H,19,21)(H,22,23). The lowest BCUT2D eigenvalue weighted by Gasteiger charge is -2.12. The minimum atomic E-state index is -1.00. The summed E-state index contributed by atoms with van der Waals surface area (Å²) in [6.07, 6.45) is 0.154. The number of amides is 1. The number of carbonyl (C=O) groups is 2. The first-order chi connectivity index (χ1) is 11.8. The summed E-state index contributed by atoms with van der Waals surface area (Å²) in [5.74, 6) is -1.23. The Morgan fingerprint density at radius 2 is 1.88 bits per heavy atom. The minimum Gasteiger partial charge on any atom is -0.477 e. The van der Waals surface area contributed by atoms with Gasteiger partial charge in [-0.25, -0.2) is 9.78 Å². The lowest BCUT2D eigenvalue weighted by atomic mass is 10.1. The maximum atomic E-state index is 12.3. The number of ether oxygens (including phenoxy) is 1. The summed E-state index contributed by atoms with van der Waals surface area (Å²) < 4.78 is 5.53. The van der Waals surface area contributed by atoms with Crippen LogP contribution in [0.15, 0.2) is 24.3 Å². The molecule has 1 atom stereocenters. The average Bonchev–Trinajstić information content (AvgIpc) is 2.95. The van der Waals surface area contributed by atoms with Crippen molar-refractivity contribution in [1.29, 1.82) is 0 Å². The fourth-order valence-corrected chi connectivity index (χ4v) is 3.07. The number of carboxylic acid groups (broad SMARTS) is 1. The number of rotatable bonds is 7. The quantitative estimate of drug-likeness (QED) is 0.786. The molecule has 0 aliphatic carbocycles. The molecule has 0 fully saturated rings. The van der Waals surface area contributed by atoms with Crippen LogP contribution in [0.5, 0.6) is 0 Å². The van der Waals surface area contributed by atoms with E-state index in [4.69, 9.17) is 9.84 Å². The summed E-state index contributed by atoms with van der Waals surface area (Å²) in [5, 5.41) is 12.5. The fraction of sp³-hybridized carbons (Fsp3) is 0.389. The minimum absolute atomic E-state index is 0.154. The van der Waals surface area contributed by atoms with E-state index >= 15 is 0 Å². The van der Waals surface area contributed by atoms with Crippen molar-refractivity contribution < 1.29 is 19.4 Å². The third-order valence-corrected chi connectivity index (χ3v) is 4.85. The van der Waals surface area contributed by atoms with Crippen LogP contribution in [0.3, 0.4) is 0 Å². The second-order valence-electron chi connectivity index (χ2n) is 6.02. The molecular formula is C18H22N2O4S. The molecule has 1 heterocycles. The highest BCUT2D eigenvalue weighted by Gasteiger charge is 2.19. The summed E-state index contributed by atoms with van der Waals surface area (Å²) in [7, 11) is 0. The zero-order chi connectivity index (χ0) is 18.6. The Hall–Kier alpha value is -2.25. The summed E-state index contributed by atoms with van der Waals surface area (Å²) >= 11 is 1.08. The Balaban J connectivity index is 2.01. The number of nitrogens with zero attached hydrogens (tertiary/aromatic N) is 1. The van der Waals surface area contributed by atoms with Gasteiger partial charge in [-0.15, -0.1) is 11.3 Å². The molecule has 0 aliphatic heterocycles. The molecule has 1 unspecified atom stereocenters. The number of aryl methyl sites for hydroxylation is 1. The van der Waals surface area contributed by atoms with Crippen molar-refractivity contribution >= 4 is 23.2 Å². The van der Waals surface area contributed by atoms with Crippen molar-refractivity contribution in [2.75, 3.05) is 0 Å². The van der Waals surface area contributed by atoms with Crippen LogP contribution < -0.4 is 5.32 Å². The van der Waals surface area contributed by atoms with Crippen LogP contribution in [0.25, 0.3) is 0 Å². The second kappa shape index (κ2) is 8.22. The van der Waals surface area contributed by atoms with Gasteiger partial charge in [-0.1, -0.05) is 12.1 Å². The van der Waals surface area contributed by atoms with Gasteiger partial charge in [-0.2, -0.15) is 0 Å². The first kappa shape index (κ1) is 19.1. The molecule has 2 rings (SSSR count). The van der Waals surface area contributed by atoms with Gasteiger partial charge in [0.25, 0.3) is 5.91 Å². The van der Waals surface area contributed by atoms with Crippen molar-refractivity contribution in [3.8, 4) is 0 Å². The highest BCUT2D eigenvalue weighted by atomic mass is 32.1. The van der Waals surface area contributed by atoms with E-state index in [-0.39, 0.29) is 22.9 Å². The second-order valence-corrected chi connectivity index (χ2v) is 7.05. The number of benzene rings is 1. The highest BCUT2D eigenvalue weighted by molar-refractivity contribution is 7.13. The van der Waals surface area contributed by atoms with E-state index in [1.165, 1.54) is 0 Å². The Labute approximate surface area is 150 Å². The van der Waals surface area contributed by atoms with Crippen LogP contribution in [0, 0.1) is 6.92 Å². The van der Waals surface area contributed by atoms with E-state index in [2.05, 4.69) is 10.3 Å². The van der Waals surface area contributed by atoms with E-state index in [0.29, 0.717) is 22.9 Å². The number of carboxylic acids is 1. The van der Waals surface area contributed by atoms with Crippen LogP contribution in [-0.2, 0) is 11.3 Å². The first-order valence-corrected chi connectivity index (χ1v) is 8.81. The zero-order valence-corrected chi connectivity index (χ0v) is 15.5. The lowest BCUT2D eigenvalue weighted by molar-refractivity contribution is 0.0656. The third-order valence-electron chi connectivity index (χ3n) is 3.52. The number of nitrogens with one attached hydrogen (secondary N) is 1. The van der Waals surface area contributed by atoms with Crippen LogP contribution in [0.1, 0.15) is 63.1 Å². The number of thiazole rings is 1. The van der Waals surface area contributed by atoms with E-state index in [1.54, 1.807) is 26.0 Å². The molecule has 0 bridgehead atoms. The molecule has 2 N–H and O–H groups in total. The maximum absolute atomic E-state index is 12.3. The lowest BCUT2D eigenvalue weighted by Crippen LogP contribution is -2.26. The predicted molar refractivity (Wildman–Crippen MR) is 96.1 cm³/mol. The third kappa shape index (κ3) is 5.11. The topological polar surface area (TPSA) is 88.5 Å². The maximum Gasteiger partial charge on any atom is 0.347 e. The first-order valence-electron chi connectivity index (χ1n) is 8.00. The summed E-state index contributed by atoms with van der Waals surface area (Å²) in [6, 6.07) is 6.84. The molecule has 0 saturated carbocycles. The Morgan fingerprint density at radius 3 is 2.40 bits per heavy atom. The van der Waals surface area contributed by atoms with Gasteiger partial charge in [0.15, 0.2) is 0 Å². The summed E-state index contributed by atoms with van der Waals surface area (Å²) in [6.45, 7) is 7.88. The van der Waals surface area contributed by atoms with Crippen molar-refractivity contribution in [3.63, 3.8) is 0 Å². The summed E-state index contributed by atoms with van der Waals surface area (Å²) in [4.78, 5) is 27.9. The largest absolute Gasteiger partial charge is 0.477 e. The van der Waals surface area contributed by atoms with Gasteiger partial charge in [-0.3, -0.25) is 4.79 Å². The van der Waals surface area contributed by atoms with Gasteiger partial charge >= 0.3 is 5.97 Å². The van der Waals surface area contributed by atoms with Gasteiger partial charge < -0.3 is 15.2 Å². The molecule has 0 aliphatic rings. The molecule has 0 radical (unpaired) electrons. The van der Waals surface area contributed by atoms with Gasteiger partial charge in [0.1, 0.15) is 9.88 Å². The van der Waals surface area contributed by atoms with E-state index < -0.39 is 5.97 Å². The molecule has 134 valence electrons. The molecule has 0 saturated heterocycles. The smallest absolute Gasteiger partial charge is 0.347 e. The normalized spacial score (nSPS) is 12.2. The highest BCUT2D eigenvalue weighted by Crippen LogP contribution is 2.23. The Kier molecular flexibility index (Phi) is 6.27. The van der Waals surface area contributed by atoms with Crippen LogP contribution in [0.2, 0.25) is 0 Å². The average molecular weight is 362 g/mol. The molecule has 25 heavy (non-hydrogen) atoms. The van der Waals surface area contributed by atoms with E-state index in [9.17, 15) is 9.59 Å². The fourth-order valence-electron chi connectivity index (χ4n) is 2.16. The molecule has 0 spiro atoms. The van der Waals surface area contributed by atoms with E-state index in [0.717, 1.165) is 16.9 Å². The van der Waals surface area contributed by atoms with Crippen molar-refractivity contribution in [3.05, 3.63) is 51.0 Å². The van der Waals surface area contributed by atoms with Gasteiger partial charge in [0.2, 0.25) is 0 Å². The monoisotopic (exact) mass is 362 g/mol. The van der Waals surface area contributed by atoms with Crippen molar-refractivity contribution in [2.24, 2.45) is 0 Å². The SMILES string of the molecule is Cc1nc(C(C)NC(=O)c2ccc(COC(C)C)cc2)sc1C(=O)O. The predicted octanol–water partition coefficient (Wildman–Crippen LogP) is 3.57. The number of aromatic carboxylic acids is 1. The number of hydrogen-bond acceptors (Lipinski definition) is 5. The molecule has 1 aromatic heterocycles. The zero-order valence-electron chi connectivity index (χ0n) is 14.7. The summed E-state index contributed by atoms with van der Waals surface area (Å²) in [5.41, 5.74) is 2.00. The van der Waals surface area contributed by atoms with Gasteiger partial charge in [0, 0.05) is 5.56 Å². The molecule has 1 aromatic carbocycles. The molecule has 1 amide bonds. The number of aromatic nitrogens is 1. The van der Waals surface area contributed by atoms with Crippen LogP contribution in [-0.4, -0.2) is 28.1 Å². The van der Waals surface area contributed by atoms with Crippen molar-refractivity contribution in [1.82, 2.24) is 10.3 Å². The van der Waals surface area contributed by atoms with Gasteiger partial charge in [-0.05, 0) is 45.4 Å². The molecule has 6 nitrogen and oxygen atoms in total. The number of carbonyl (C=O) groups excluding carboxylic acids is 1. The number of hydrogen-bond donors (Lipinski definition) is 2. The van der Waals surface area contributed by atoms with E-state index in [1.807, 2.05) is 26.0 Å². The van der Waals surface area contributed by atoms with Crippen LogP contribution >= 0.6 is 11.3 Å². The van der Waals surface area contributed by atoms with Gasteiger partial charge in [0.05, 0.1) is 24.4 Å². The van der Waals surface area contributed by atoms with Crippen LogP contribution in [0.4, 0.5) is 0 Å². The Bertz CT molecular complexity index is 753. The molecule has 2 aromatic rings. The van der Waals surface area contributed by atoms with Crippen molar-refractivity contribution in [2.45, 2.75) is 46.4 Å². The molecule has 7 heteroatoms. The Morgan fingerprint density at radius 1 is 1.24 bits per heavy atom.